The summed E-state index contributed by atoms with van der Waals surface area (Å²) in [5.41, 5.74) is 0.775. The third-order valence-electron chi connectivity index (χ3n) is 4.31. The van der Waals surface area contributed by atoms with Crippen LogP contribution < -0.4 is 0 Å². The van der Waals surface area contributed by atoms with Gasteiger partial charge in [-0.15, -0.1) is 0 Å². The monoisotopic (exact) mass is 270 g/mol. The van der Waals surface area contributed by atoms with E-state index in [2.05, 4.69) is 0 Å². The molecule has 1 aromatic rings. The van der Waals surface area contributed by atoms with Crippen LogP contribution in [-0.4, -0.2) is 22.6 Å². The van der Waals surface area contributed by atoms with Gasteiger partial charge in [0.2, 0.25) is 0 Å². The Kier molecular flexibility index (Phi) is 2.82. The van der Waals surface area contributed by atoms with Crippen LogP contribution in [0, 0.1) is 23.7 Å². The Morgan fingerprint density at radius 2 is 1.55 bits per heavy atom. The van der Waals surface area contributed by atoms with Gasteiger partial charge in [0.05, 0.1) is 5.92 Å². The minimum absolute atomic E-state index is 0.117. The number of aliphatic carboxylic acids is 1. The van der Waals surface area contributed by atoms with Crippen molar-refractivity contribution in [3.63, 3.8) is 0 Å². The molecule has 0 amide bonds. The number of rotatable bonds is 1. The molecule has 20 heavy (non-hydrogen) atoms. The van der Waals surface area contributed by atoms with Gasteiger partial charge < -0.3 is 5.11 Å². The molecule has 1 N–H and O–H groups in total. The molecular weight excluding hydrogens is 256 g/mol. The van der Waals surface area contributed by atoms with Crippen LogP contribution in [-0.2, 0) is 4.79 Å². The largest absolute Gasteiger partial charge is 0.481 e. The first kappa shape index (κ1) is 12.8. The predicted octanol–water partition coefficient (Wildman–Crippen LogP) is 2.20. The maximum Gasteiger partial charge on any atom is 0.311 e. The fourth-order valence-electron chi connectivity index (χ4n) is 3.32. The smallest absolute Gasteiger partial charge is 0.311 e. The Morgan fingerprint density at radius 1 is 1.00 bits per heavy atom. The van der Waals surface area contributed by atoms with Crippen LogP contribution in [0.15, 0.2) is 36.4 Å². The molecule has 0 heterocycles. The Morgan fingerprint density at radius 3 is 2.10 bits per heavy atom. The Hall–Kier alpha value is -2.23. The van der Waals surface area contributed by atoms with E-state index in [9.17, 15) is 19.5 Å². The minimum Gasteiger partial charge on any atom is -0.481 e. The second kappa shape index (κ2) is 4.40. The number of benzene rings is 1. The number of ketones is 2. The van der Waals surface area contributed by atoms with Gasteiger partial charge in [-0.2, -0.15) is 0 Å². The van der Waals surface area contributed by atoms with Gasteiger partial charge in [-0.3, -0.25) is 14.4 Å². The number of Topliss-reactive ketones (excluding diaryl/α,β-unsaturated/α-hetero) is 2. The molecule has 0 saturated heterocycles. The molecule has 0 aromatic heterocycles. The van der Waals surface area contributed by atoms with Crippen LogP contribution in [0.4, 0.5) is 0 Å². The van der Waals surface area contributed by atoms with Crippen molar-refractivity contribution in [3.05, 3.63) is 47.5 Å². The van der Waals surface area contributed by atoms with Crippen LogP contribution in [0.25, 0.3) is 0 Å². The number of hydrogen-bond donors (Lipinski definition) is 1. The second-order valence-corrected chi connectivity index (χ2v) is 5.43. The SMILES string of the molecule is CC1C=CC(C(=O)O)C2C(=O)c3ccccc3C(=O)C12. The zero-order valence-electron chi connectivity index (χ0n) is 10.9. The van der Waals surface area contributed by atoms with Crippen LogP contribution in [0.5, 0.6) is 0 Å². The minimum atomic E-state index is -1.05. The molecule has 3 rings (SSSR count). The first-order valence-electron chi connectivity index (χ1n) is 6.61. The summed E-state index contributed by atoms with van der Waals surface area (Å²) in [5.74, 6) is -3.79. The van der Waals surface area contributed by atoms with E-state index in [4.69, 9.17) is 0 Å². The molecule has 2 aliphatic carbocycles. The molecular formula is C16H14O4. The molecule has 0 spiro atoms. The average molecular weight is 270 g/mol. The van der Waals surface area contributed by atoms with Crippen molar-refractivity contribution >= 4 is 17.5 Å². The molecule has 102 valence electrons. The first-order chi connectivity index (χ1) is 9.52. The lowest BCUT2D eigenvalue weighted by Crippen LogP contribution is -2.46. The number of hydrogen-bond acceptors (Lipinski definition) is 3. The van der Waals surface area contributed by atoms with Crippen LogP contribution >= 0.6 is 0 Å². The Labute approximate surface area is 116 Å². The lowest BCUT2D eigenvalue weighted by Gasteiger charge is -2.38. The summed E-state index contributed by atoms with van der Waals surface area (Å²) in [6, 6.07) is 6.67. The third kappa shape index (κ3) is 1.64. The summed E-state index contributed by atoms with van der Waals surface area (Å²) in [6.07, 6.45) is 3.28. The molecule has 0 aliphatic heterocycles. The van der Waals surface area contributed by atoms with E-state index in [0.29, 0.717) is 11.1 Å². The maximum absolute atomic E-state index is 12.6. The molecule has 1 aromatic carbocycles. The molecule has 2 aliphatic rings. The van der Waals surface area contributed by atoms with E-state index in [0.717, 1.165) is 0 Å². The number of carbonyl (C=O) groups is 3. The van der Waals surface area contributed by atoms with Gasteiger partial charge >= 0.3 is 5.97 Å². The Bertz CT molecular complexity index is 644. The van der Waals surface area contributed by atoms with Crippen molar-refractivity contribution in [2.45, 2.75) is 6.92 Å². The van der Waals surface area contributed by atoms with Crippen molar-refractivity contribution in [1.29, 1.82) is 0 Å². The molecule has 0 fully saturated rings. The van der Waals surface area contributed by atoms with Crippen LogP contribution in [0.2, 0.25) is 0 Å². The highest BCUT2D eigenvalue weighted by atomic mass is 16.4. The quantitative estimate of drug-likeness (QED) is 0.794. The van der Waals surface area contributed by atoms with Gasteiger partial charge in [0, 0.05) is 23.0 Å². The molecule has 0 bridgehead atoms. The molecule has 4 atom stereocenters. The van der Waals surface area contributed by atoms with Crippen LogP contribution in [0.1, 0.15) is 27.6 Å². The average Bonchev–Trinajstić information content (AvgIpc) is 2.44. The molecule has 4 unspecified atom stereocenters. The highest BCUT2D eigenvalue weighted by Crippen LogP contribution is 2.42. The first-order valence-corrected chi connectivity index (χ1v) is 6.61. The molecule has 0 saturated carbocycles. The van der Waals surface area contributed by atoms with E-state index in [-0.39, 0.29) is 17.5 Å². The summed E-state index contributed by atoms with van der Waals surface area (Å²) in [6.45, 7) is 1.85. The predicted molar refractivity (Wildman–Crippen MR) is 71.5 cm³/mol. The van der Waals surface area contributed by atoms with E-state index in [1.165, 1.54) is 0 Å². The van der Waals surface area contributed by atoms with Gasteiger partial charge in [-0.25, -0.2) is 0 Å². The van der Waals surface area contributed by atoms with Gasteiger partial charge in [0.15, 0.2) is 11.6 Å². The fraction of sp³-hybridized carbons (Fsp3) is 0.312. The van der Waals surface area contributed by atoms with E-state index in [1.54, 1.807) is 36.4 Å². The lowest BCUT2D eigenvalue weighted by molar-refractivity contribution is -0.142. The van der Waals surface area contributed by atoms with E-state index in [1.807, 2.05) is 6.92 Å². The number of carbonyl (C=O) groups excluding carboxylic acids is 2. The van der Waals surface area contributed by atoms with E-state index >= 15 is 0 Å². The zero-order valence-corrected chi connectivity index (χ0v) is 10.9. The van der Waals surface area contributed by atoms with Crippen LogP contribution in [0.3, 0.4) is 0 Å². The highest BCUT2D eigenvalue weighted by molar-refractivity contribution is 6.17. The zero-order chi connectivity index (χ0) is 14.4. The summed E-state index contributed by atoms with van der Waals surface area (Å²) in [5, 5.41) is 9.30. The van der Waals surface area contributed by atoms with Gasteiger partial charge in [0.1, 0.15) is 0 Å². The van der Waals surface area contributed by atoms with Crippen molar-refractivity contribution in [2.24, 2.45) is 23.7 Å². The fourth-order valence-corrected chi connectivity index (χ4v) is 3.32. The summed E-state index contributed by atoms with van der Waals surface area (Å²) in [7, 11) is 0. The second-order valence-electron chi connectivity index (χ2n) is 5.43. The van der Waals surface area contributed by atoms with Crippen molar-refractivity contribution in [3.8, 4) is 0 Å². The number of carboxylic acids is 1. The summed E-state index contributed by atoms with van der Waals surface area (Å²) < 4.78 is 0. The lowest BCUT2D eigenvalue weighted by atomic mass is 9.62. The van der Waals surface area contributed by atoms with Gasteiger partial charge in [0.25, 0.3) is 0 Å². The number of fused-ring (bicyclic) bond motifs is 2. The van der Waals surface area contributed by atoms with E-state index < -0.39 is 23.7 Å². The number of carboxylic acid groups (broad SMARTS) is 1. The molecule has 4 nitrogen and oxygen atoms in total. The van der Waals surface area contributed by atoms with Gasteiger partial charge in [-0.1, -0.05) is 43.3 Å². The maximum atomic E-state index is 12.6. The standard InChI is InChI=1S/C16H14O4/c1-8-6-7-11(16(19)20)13-12(8)14(17)9-4-2-3-5-10(9)15(13)18/h2-8,11-13H,1H3,(H,19,20). The highest BCUT2D eigenvalue weighted by Gasteiger charge is 2.50. The van der Waals surface area contributed by atoms with Crippen molar-refractivity contribution in [2.75, 3.05) is 0 Å². The third-order valence-corrected chi connectivity index (χ3v) is 4.31. The molecule has 0 radical (unpaired) electrons. The van der Waals surface area contributed by atoms with Crippen molar-refractivity contribution in [1.82, 2.24) is 0 Å². The normalized spacial score (nSPS) is 31.6. The number of allylic oxidation sites excluding steroid dienone is 1. The summed E-state index contributed by atoms with van der Waals surface area (Å²) >= 11 is 0. The summed E-state index contributed by atoms with van der Waals surface area (Å²) in [4.78, 5) is 36.6. The topological polar surface area (TPSA) is 71.4 Å². The Balaban J connectivity index is 2.18. The van der Waals surface area contributed by atoms with Crippen molar-refractivity contribution < 1.29 is 19.5 Å². The molecule has 4 heteroatoms. The van der Waals surface area contributed by atoms with Gasteiger partial charge in [-0.05, 0) is 5.92 Å².